The van der Waals surface area contributed by atoms with Gasteiger partial charge in [0, 0.05) is 42.8 Å². The zero-order valence-corrected chi connectivity index (χ0v) is 20.3. The van der Waals surface area contributed by atoms with E-state index in [-0.39, 0.29) is 58.8 Å². The van der Waals surface area contributed by atoms with Crippen molar-refractivity contribution in [3.8, 4) is 0 Å². The first-order valence-corrected chi connectivity index (χ1v) is 12.4. The third kappa shape index (κ3) is 4.26. The lowest BCUT2D eigenvalue weighted by molar-refractivity contribution is -0.158. The van der Waals surface area contributed by atoms with Crippen LogP contribution in [0.5, 0.6) is 0 Å². The van der Waals surface area contributed by atoms with E-state index >= 15 is 0 Å². The van der Waals surface area contributed by atoms with Gasteiger partial charge in [-0.2, -0.15) is 0 Å². The monoisotopic (exact) mass is 479 g/mol. The number of nitrogens with zero attached hydrogens (tertiary/aromatic N) is 2. The Bertz CT molecular complexity index is 886. The van der Waals surface area contributed by atoms with Gasteiger partial charge in [0.05, 0.1) is 24.0 Å². The molecule has 0 aromatic rings. The molecule has 7 atom stereocenters. The number of fused-ring (bicyclic) bond motifs is 1. The van der Waals surface area contributed by atoms with Gasteiger partial charge in [0.1, 0.15) is 5.70 Å². The number of nitrogens with one attached hydrogen (secondary N) is 3. The normalized spacial score (nSPS) is 34.2. The number of carbonyl (C=O) groups excluding carboxylic acids is 3. The highest BCUT2D eigenvalue weighted by Crippen LogP contribution is 2.51. The number of carbonyl (C=O) groups is 4. The summed E-state index contributed by atoms with van der Waals surface area (Å²) in [5.41, 5.74) is 0.0529. The van der Waals surface area contributed by atoms with E-state index in [1.165, 1.54) is 16.7 Å². The Kier molecular flexibility index (Phi) is 6.75. The Morgan fingerprint density at radius 3 is 2.58 bits per heavy atom. The lowest BCUT2D eigenvalue weighted by Gasteiger charge is -2.47. The fraction of sp³-hybridized carbons (Fsp3) is 0.727. The second-order valence-corrected chi connectivity index (χ2v) is 11.0. The van der Waals surface area contributed by atoms with Gasteiger partial charge in [-0.3, -0.25) is 14.4 Å². The molecular formula is C22H33N5O5S. The number of aliphatic carboxylic acids is 1. The molecule has 3 amide bonds. The summed E-state index contributed by atoms with van der Waals surface area (Å²) in [5, 5.41) is 19.3. The lowest BCUT2D eigenvalue weighted by Crippen LogP contribution is -2.66. The lowest BCUT2D eigenvalue weighted by atomic mass is 9.78. The number of rotatable bonds is 7. The summed E-state index contributed by atoms with van der Waals surface area (Å²) in [6.07, 6.45) is 2.33. The molecular weight excluding hydrogens is 446 g/mol. The topological polar surface area (TPSA) is 131 Å². The molecule has 4 rings (SSSR count). The molecule has 0 spiro atoms. The summed E-state index contributed by atoms with van der Waals surface area (Å²) in [6.45, 7) is 5.18. The van der Waals surface area contributed by atoms with E-state index in [9.17, 15) is 24.3 Å². The molecule has 3 saturated heterocycles. The highest BCUT2D eigenvalue weighted by Gasteiger charge is 2.60. The van der Waals surface area contributed by atoms with Gasteiger partial charge in [-0.05, 0) is 32.7 Å². The van der Waals surface area contributed by atoms with Crippen LogP contribution in [0.15, 0.2) is 10.6 Å². The van der Waals surface area contributed by atoms with Crippen LogP contribution in [0.4, 0.5) is 0 Å². The molecule has 11 heteroatoms. The maximum Gasteiger partial charge on any atom is 0.353 e. The largest absolute Gasteiger partial charge is 0.477 e. The van der Waals surface area contributed by atoms with Crippen LogP contribution < -0.4 is 16.0 Å². The molecule has 0 bridgehead atoms. The molecule has 0 aliphatic carbocycles. The summed E-state index contributed by atoms with van der Waals surface area (Å²) in [7, 11) is 3.43. The van der Waals surface area contributed by atoms with Gasteiger partial charge in [-0.1, -0.05) is 6.92 Å². The van der Waals surface area contributed by atoms with Crippen molar-refractivity contribution in [1.29, 1.82) is 0 Å². The van der Waals surface area contributed by atoms with E-state index in [1.807, 2.05) is 13.8 Å². The average molecular weight is 480 g/mol. The van der Waals surface area contributed by atoms with Gasteiger partial charge in [-0.25, -0.2) is 4.79 Å². The first-order valence-electron chi connectivity index (χ1n) is 11.6. The van der Waals surface area contributed by atoms with E-state index in [0.29, 0.717) is 17.9 Å². The summed E-state index contributed by atoms with van der Waals surface area (Å²) >= 11 is 1.46. The Morgan fingerprint density at radius 2 is 1.97 bits per heavy atom. The van der Waals surface area contributed by atoms with Gasteiger partial charge >= 0.3 is 5.97 Å². The van der Waals surface area contributed by atoms with E-state index < -0.39 is 11.9 Å². The van der Waals surface area contributed by atoms with Crippen molar-refractivity contribution in [2.75, 3.05) is 27.2 Å². The fourth-order valence-electron chi connectivity index (χ4n) is 5.49. The second-order valence-electron chi connectivity index (χ2n) is 9.65. The van der Waals surface area contributed by atoms with Gasteiger partial charge in [-0.15, -0.1) is 11.8 Å². The third-order valence-corrected chi connectivity index (χ3v) is 8.71. The van der Waals surface area contributed by atoms with Crippen molar-refractivity contribution in [2.45, 2.75) is 62.5 Å². The number of β-lactam (4-membered cyclic amide) rings is 1. The maximum atomic E-state index is 13.0. The average Bonchev–Trinajstić information content (AvgIpc) is 3.48. The van der Waals surface area contributed by atoms with Crippen LogP contribution in [0.1, 0.15) is 33.1 Å². The summed E-state index contributed by atoms with van der Waals surface area (Å²) in [6, 6.07) is -1.18. The molecule has 3 fully saturated rings. The SMILES string of the molecule is C[C@@H](NC(=O)[C@@H]1CCCN1)[C@H]1C(=O)N2C(C(=O)O)=C(S[C@@H]3CN[C@H](C(=O)N(C)C)C3)[C@H](C)[C@H]12. The van der Waals surface area contributed by atoms with Gasteiger partial charge in [0.15, 0.2) is 0 Å². The summed E-state index contributed by atoms with van der Waals surface area (Å²) in [5.74, 6) is -2.08. The van der Waals surface area contributed by atoms with Crippen LogP contribution in [0.2, 0.25) is 0 Å². The first-order chi connectivity index (χ1) is 15.6. The minimum absolute atomic E-state index is 0.00499. The predicted octanol–water partition coefficient (Wildman–Crippen LogP) is -0.432. The summed E-state index contributed by atoms with van der Waals surface area (Å²) in [4.78, 5) is 53.6. The minimum atomic E-state index is -1.11. The molecule has 33 heavy (non-hydrogen) atoms. The Balaban J connectivity index is 1.45. The van der Waals surface area contributed by atoms with E-state index in [0.717, 1.165) is 19.4 Å². The Labute approximate surface area is 197 Å². The Morgan fingerprint density at radius 1 is 1.24 bits per heavy atom. The molecule has 0 unspecified atom stereocenters. The van der Waals surface area contributed by atoms with Crippen molar-refractivity contribution in [1.82, 2.24) is 25.8 Å². The minimum Gasteiger partial charge on any atom is -0.477 e. The highest BCUT2D eigenvalue weighted by atomic mass is 32.2. The molecule has 0 aromatic carbocycles. The van der Waals surface area contributed by atoms with Crippen LogP contribution in [0.25, 0.3) is 0 Å². The molecule has 0 aromatic heterocycles. The number of thioether (sulfide) groups is 1. The molecule has 4 aliphatic rings. The van der Waals surface area contributed by atoms with E-state index in [1.54, 1.807) is 19.0 Å². The molecule has 4 heterocycles. The number of carboxylic acids is 1. The standard InChI is InChI=1S/C22H33N5O5S/c1-10-16-15(11(2)25-19(28)13-6-5-7-23-13)21(30)27(16)17(22(31)32)18(10)33-12-8-14(24-9-12)20(29)26(3)4/h10-16,23-24H,5-9H2,1-4H3,(H,25,28)(H,31,32)/t10-,11-,12+,13+,14+,15-,16-/m1/s1. The number of hydrogen-bond acceptors (Lipinski definition) is 7. The van der Waals surface area contributed by atoms with Crippen molar-refractivity contribution in [3.63, 3.8) is 0 Å². The Hall–Kier alpha value is -2.11. The zero-order chi connectivity index (χ0) is 24.0. The molecule has 4 N–H and O–H groups in total. The molecule has 10 nitrogen and oxygen atoms in total. The van der Waals surface area contributed by atoms with Crippen LogP contribution in [-0.2, 0) is 19.2 Å². The molecule has 182 valence electrons. The van der Waals surface area contributed by atoms with Gasteiger partial charge in [0.25, 0.3) is 0 Å². The quantitative estimate of drug-likeness (QED) is 0.362. The number of amides is 3. The number of likely N-dealkylation sites (N-methyl/N-ethyl adjacent to an activating group) is 1. The van der Waals surface area contributed by atoms with Crippen molar-refractivity contribution >= 4 is 35.5 Å². The predicted molar refractivity (Wildman–Crippen MR) is 123 cm³/mol. The molecule has 4 aliphatic heterocycles. The second kappa shape index (κ2) is 9.27. The zero-order valence-electron chi connectivity index (χ0n) is 19.5. The molecule has 0 saturated carbocycles. The van der Waals surface area contributed by atoms with Crippen LogP contribution in [-0.4, -0.2) is 95.2 Å². The summed E-state index contributed by atoms with van der Waals surface area (Å²) < 4.78 is 0. The van der Waals surface area contributed by atoms with Crippen LogP contribution >= 0.6 is 11.8 Å². The first kappa shape index (κ1) is 24.0. The number of carboxylic acid groups (broad SMARTS) is 1. The van der Waals surface area contributed by atoms with Crippen molar-refractivity contribution in [2.24, 2.45) is 11.8 Å². The van der Waals surface area contributed by atoms with Gasteiger partial charge < -0.3 is 30.9 Å². The highest BCUT2D eigenvalue weighted by molar-refractivity contribution is 8.03. The fourth-order valence-corrected chi connectivity index (χ4v) is 6.97. The number of hydrogen-bond donors (Lipinski definition) is 4. The maximum absolute atomic E-state index is 13.0. The van der Waals surface area contributed by atoms with E-state index in [4.69, 9.17) is 0 Å². The van der Waals surface area contributed by atoms with Crippen molar-refractivity contribution in [3.05, 3.63) is 10.6 Å². The molecule has 0 radical (unpaired) electrons. The van der Waals surface area contributed by atoms with Gasteiger partial charge in [0.2, 0.25) is 17.7 Å². The third-order valence-electron chi connectivity index (χ3n) is 7.20. The van der Waals surface area contributed by atoms with Crippen LogP contribution in [0.3, 0.4) is 0 Å². The van der Waals surface area contributed by atoms with E-state index in [2.05, 4.69) is 16.0 Å². The smallest absolute Gasteiger partial charge is 0.353 e. The van der Waals surface area contributed by atoms with Crippen LogP contribution in [0, 0.1) is 11.8 Å². The van der Waals surface area contributed by atoms with Crippen molar-refractivity contribution < 1.29 is 24.3 Å².